The van der Waals surface area contributed by atoms with Crippen molar-refractivity contribution in [2.75, 3.05) is 10.6 Å². The zero-order valence-electron chi connectivity index (χ0n) is 14.7. The van der Waals surface area contributed by atoms with Crippen LogP contribution in [0.15, 0.2) is 41.5 Å². The van der Waals surface area contributed by atoms with Crippen LogP contribution in [0.2, 0.25) is 0 Å². The Balaban J connectivity index is 1.69. The van der Waals surface area contributed by atoms with Gasteiger partial charge >= 0.3 is 6.09 Å². The number of ether oxygens (including phenoxy) is 2. The number of carbonyl (C=O) groups excluding carboxylic acids is 1. The van der Waals surface area contributed by atoms with E-state index in [-0.39, 0.29) is 0 Å². The summed E-state index contributed by atoms with van der Waals surface area (Å²) in [4.78, 5) is 20.1. The predicted octanol–water partition coefficient (Wildman–Crippen LogP) is 3.67. The van der Waals surface area contributed by atoms with Gasteiger partial charge in [-0.1, -0.05) is 0 Å². The third-order valence-electron chi connectivity index (χ3n) is 3.24. The normalized spacial score (nSPS) is 15.6. The maximum atomic E-state index is 11.8. The molecule has 1 aromatic heterocycles. The number of aromatic nitrogens is 1. The lowest BCUT2D eigenvalue weighted by molar-refractivity contribution is 0.0636. The first-order valence-electron chi connectivity index (χ1n) is 8.06. The van der Waals surface area contributed by atoms with Gasteiger partial charge in [0.05, 0.1) is 6.21 Å². The van der Waals surface area contributed by atoms with Gasteiger partial charge in [0.1, 0.15) is 17.0 Å². The number of fused-ring (bicyclic) bond motifs is 1. The number of rotatable bonds is 3. The molecule has 0 aliphatic carbocycles. The zero-order valence-corrected chi connectivity index (χ0v) is 14.7. The van der Waals surface area contributed by atoms with Gasteiger partial charge in [-0.05, 0) is 45.0 Å². The quantitative estimate of drug-likeness (QED) is 0.775. The number of carbonyl (C=O) groups is 1. The highest BCUT2D eigenvalue weighted by Gasteiger charge is 2.18. The summed E-state index contributed by atoms with van der Waals surface area (Å²) in [5.74, 6) is 1.51. The van der Waals surface area contributed by atoms with Crippen molar-refractivity contribution in [2.24, 2.45) is 4.99 Å². The number of aliphatic hydroxyl groups excluding tert-OH is 1. The van der Waals surface area contributed by atoms with Gasteiger partial charge in [-0.15, -0.1) is 0 Å². The highest BCUT2D eigenvalue weighted by Crippen LogP contribution is 2.38. The van der Waals surface area contributed by atoms with E-state index < -0.39 is 17.9 Å². The largest absolute Gasteiger partial charge is 0.455 e. The van der Waals surface area contributed by atoms with Crippen LogP contribution < -0.4 is 15.4 Å². The fourth-order valence-corrected chi connectivity index (χ4v) is 2.23. The number of hydrogen-bond acceptors (Lipinski definition) is 7. The third-order valence-corrected chi connectivity index (χ3v) is 3.24. The van der Waals surface area contributed by atoms with Crippen molar-refractivity contribution in [2.45, 2.75) is 32.6 Å². The van der Waals surface area contributed by atoms with Crippen LogP contribution in [0.1, 0.15) is 20.8 Å². The van der Waals surface area contributed by atoms with Crippen molar-refractivity contribution in [3.05, 3.63) is 36.5 Å². The summed E-state index contributed by atoms with van der Waals surface area (Å²) in [5, 5.41) is 15.0. The molecular weight excluding hydrogens is 336 g/mol. The van der Waals surface area contributed by atoms with Crippen LogP contribution in [0.4, 0.5) is 22.0 Å². The maximum absolute atomic E-state index is 11.8. The number of pyridine rings is 1. The van der Waals surface area contributed by atoms with E-state index in [4.69, 9.17) is 9.47 Å². The molecule has 2 heterocycles. The molecule has 3 N–H and O–H groups in total. The molecule has 0 spiro atoms. The fraction of sp³-hybridized carbons (Fsp3) is 0.278. The van der Waals surface area contributed by atoms with Crippen molar-refractivity contribution in [3.63, 3.8) is 0 Å². The Morgan fingerprint density at radius 1 is 1.23 bits per heavy atom. The summed E-state index contributed by atoms with van der Waals surface area (Å²) < 4.78 is 11.0. The minimum Gasteiger partial charge on any atom is -0.455 e. The molecule has 1 atom stereocenters. The van der Waals surface area contributed by atoms with E-state index in [1.54, 1.807) is 57.3 Å². The summed E-state index contributed by atoms with van der Waals surface area (Å²) >= 11 is 0. The molecule has 1 amide bonds. The van der Waals surface area contributed by atoms with Gasteiger partial charge in [-0.3, -0.25) is 5.32 Å². The van der Waals surface area contributed by atoms with Crippen molar-refractivity contribution in [1.82, 2.24) is 4.98 Å². The first kappa shape index (κ1) is 17.7. The van der Waals surface area contributed by atoms with Crippen molar-refractivity contribution < 1.29 is 19.4 Å². The van der Waals surface area contributed by atoms with Crippen LogP contribution in [-0.4, -0.2) is 34.2 Å². The molecule has 1 aliphatic rings. The van der Waals surface area contributed by atoms with Crippen LogP contribution in [0.5, 0.6) is 11.5 Å². The molecule has 136 valence electrons. The molecule has 0 saturated carbocycles. The van der Waals surface area contributed by atoms with Crippen molar-refractivity contribution in [3.8, 4) is 11.5 Å². The molecule has 0 fully saturated rings. The number of benzene rings is 1. The van der Waals surface area contributed by atoms with Crippen LogP contribution in [-0.2, 0) is 4.74 Å². The summed E-state index contributed by atoms with van der Waals surface area (Å²) in [6.45, 7) is 5.40. The summed E-state index contributed by atoms with van der Waals surface area (Å²) in [6.07, 6.45) is 1.54. The van der Waals surface area contributed by atoms with Gasteiger partial charge in [0.25, 0.3) is 0 Å². The Labute approximate surface area is 150 Å². The van der Waals surface area contributed by atoms with E-state index in [9.17, 15) is 9.90 Å². The highest BCUT2D eigenvalue weighted by molar-refractivity contribution is 5.85. The third kappa shape index (κ3) is 4.48. The number of nitrogens with one attached hydrogen (secondary N) is 2. The molecule has 1 aliphatic heterocycles. The molecule has 8 nitrogen and oxygen atoms in total. The summed E-state index contributed by atoms with van der Waals surface area (Å²) in [5.41, 5.74) is 0.537. The monoisotopic (exact) mass is 356 g/mol. The van der Waals surface area contributed by atoms with Crippen LogP contribution in [0.25, 0.3) is 0 Å². The lowest BCUT2D eigenvalue weighted by Gasteiger charge is -2.20. The first-order valence-corrected chi connectivity index (χ1v) is 8.06. The second kappa shape index (κ2) is 7.01. The van der Waals surface area contributed by atoms with Gasteiger partial charge in [0.2, 0.25) is 0 Å². The standard InChI is InChI=1S/C18H20N4O4/c1-18(2,3)26-17(24)21-11-4-6-12(7-5-11)25-13-8-9-19-16-15(13)20-10-14(23)22-16/h4-10,14,23H,1-3H3,(H,19,22)(H,21,24). The van der Waals surface area contributed by atoms with Crippen molar-refractivity contribution >= 4 is 29.5 Å². The number of amides is 1. The van der Waals surface area contributed by atoms with E-state index >= 15 is 0 Å². The lowest BCUT2D eigenvalue weighted by Crippen LogP contribution is -2.27. The molecule has 1 unspecified atom stereocenters. The van der Waals surface area contributed by atoms with Gasteiger partial charge in [-0.25, -0.2) is 14.8 Å². The molecule has 1 aromatic carbocycles. The predicted molar refractivity (Wildman–Crippen MR) is 98.4 cm³/mol. The average molecular weight is 356 g/mol. The van der Waals surface area contributed by atoms with E-state index in [0.29, 0.717) is 28.7 Å². The second-order valence-electron chi connectivity index (χ2n) is 6.63. The van der Waals surface area contributed by atoms with Gasteiger partial charge < -0.3 is 19.9 Å². The van der Waals surface area contributed by atoms with Crippen LogP contribution in [0, 0.1) is 0 Å². The maximum Gasteiger partial charge on any atom is 0.412 e. The Morgan fingerprint density at radius 3 is 2.65 bits per heavy atom. The molecule has 26 heavy (non-hydrogen) atoms. The molecule has 8 heteroatoms. The smallest absolute Gasteiger partial charge is 0.412 e. The Morgan fingerprint density at radius 2 is 1.96 bits per heavy atom. The molecule has 2 aromatic rings. The minimum atomic E-state index is -0.872. The summed E-state index contributed by atoms with van der Waals surface area (Å²) in [7, 11) is 0. The van der Waals surface area contributed by atoms with Crippen LogP contribution in [0.3, 0.4) is 0 Å². The SMILES string of the molecule is CC(C)(C)OC(=O)Nc1ccc(Oc2ccnc3c2N=CC(O)N3)cc1. The minimum absolute atomic E-state index is 0.445. The zero-order chi connectivity index (χ0) is 18.7. The van der Waals surface area contributed by atoms with Gasteiger partial charge in [0, 0.05) is 18.0 Å². The Hall–Kier alpha value is -3.13. The van der Waals surface area contributed by atoms with E-state index in [0.717, 1.165) is 0 Å². The number of anilines is 2. The Kier molecular flexibility index (Phi) is 4.77. The van der Waals surface area contributed by atoms with E-state index in [2.05, 4.69) is 20.6 Å². The molecule has 0 radical (unpaired) electrons. The lowest BCUT2D eigenvalue weighted by atomic mass is 10.2. The second-order valence-corrected chi connectivity index (χ2v) is 6.63. The molecule has 0 saturated heterocycles. The number of aliphatic hydroxyl groups is 1. The first-order chi connectivity index (χ1) is 12.3. The molecule has 3 rings (SSSR count). The number of hydrogen-bond donors (Lipinski definition) is 3. The molecule has 0 bridgehead atoms. The van der Waals surface area contributed by atoms with Crippen molar-refractivity contribution in [1.29, 1.82) is 0 Å². The highest BCUT2D eigenvalue weighted by atomic mass is 16.6. The van der Waals surface area contributed by atoms with Crippen LogP contribution >= 0.6 is 0 Å². The topological polar surface area (TPSA) is 105 Å². The van der Waals surface area contributed by atoms with Gasteiger partial charge in [-0.2, -0.15) is 0 Å². The number of nitrogens with zero attached hydrogens (tertiary/aromatic N) is 2. The fourth-order valence-electron chi connectivity index (χ4n) is 2.23. The van der Waals surface area contributed by atoms with E-state index in [1.165, 1.54) is 6.21 Å². The Bertz CT molecular complexity index is 828. The number of aliphatic imine (C=N–C) groups is 1. The average Bonchev–Trinajstić information content (AvgIpc) is 2.55. The summed E-state index contributed by atoms with van der Waals surface area (Å²) in [6, 6.07) is 8.53. The van der Waals surface area contributed by atoms with Gasteiger partial charge in [0.15, 0.2) is 17.8 Å². The van der Waals surface area contributed by atoms with E-state index in [1.807, 2.05) is 0 Å². The molecular formula is C18H20N4O4.